The van der Waals surface area contributed by atoms with Gasteiger partial charge in [-0.2, -0.15) is 23.3 Å². The summed E-state index contributed by atoms with van der Waals surface area (Å²) < 4.78 is 40.7. The molecule has 2 aromatic rings. The number of hydrogen-bond acceptors (Lipinski definition) is 4. The van der Waals surface area contributed by atoms with E-state index in [0.717, 1.165) is 0 Å². The Labute approximate surface area is 157 Å². The second-order valence-corrected chi connectivity index (χ2v) is 6.44. The summed E-state index contributed by atoms with van der Waals surface area (Å²) in [5.74, 6) is -1.38. The van der Waals surface area contributed by atoms with Gasteiger partial charge in [-0.25, -0.2) is 0 Å². The second-order valence-electron chi connectivity index (χ2n) is 6.01. The van der Waals surface area contributed by atoms with E-state index in [2.05, 4.69) is 5.10 Å². The molecule has 0 saturated carbocycles. The predicted octanol–water partition coefficient (Wildman–Crippen LogP) is 3.26. The summed E-state index contributed by atoms with van der Waals surface area (Å²) in [5, 5.41) is 24.4. The average molecular weight is 399 g/mol. The van der Waals surface area contributed by atoms with Gasteiger partial charge < -0.3 is 10.2 Å². The van der Waals surface area contributed by atoms with Gasteiger partial charge in [0.25, 0.3) is 11.6 Å². The van der Waals surface area contributed by atoms with Crippen LogP contribution < -0.4 is 0 Å². The monoisotopic (exact) mass is 398 g/mol. The minimum absolute atomic E-state index is 0.0853. The number of hydrazone groups is 1. The van der Waals surface area contributed by atoms with Crippen molar-refractivity contribution in [1.82, 2.24) is 5.01 Å². The van der Waals surface area contributed by atoms with Crippen molar-refractivity contribution in [3.63, 3.8) is 0 Å². The lowest BCUT2D eigenvalue weighted by molar-refractivity contribution is -0.303. The van der Waals surface area contributed by atoms with E-state index in [0.29, 0.717) is 5.02 Å². The van der Waals surface area contributed by atoms with Crippen molar-refractivity contribution in [2.24, 2.45) is 5.10 Å². The number of halogens is 4. The van der Waals surface area contributed by atoms with Crippen LogP contribution in [0.25, 0.3) is 0 Å². The van der Waals surface area contributed by atoms with E-state index >= 15 is 0 Å². The number of carbonyl (C=O) groups excluding carboxylic acids is 1. The first-order valence-corrected chi connectivity index (χ1v) is 8.21. The van der Waals surface area contributed by atoms with Gasteiger partial charge in [0.05, 0.1) is 12.1 Å². The fourth-order valence-corrected chi connectivity index (χ4v) is 2.82. The molecule has 142 valence electrons. The quantitative estimate of drug-likeness (QED) is 0.833. The van der Waals surface area contributed by atoms with Crippen molar-refractivity contribution >= 4 is 23.2 Å². The van der Waals surface area contributed by atoms with E-state index in [9.17, 15) is 28.2 Å². The zero-order valence-electron chi connectivity index (χ0n) is 13.7. The third-order valence-corrected chi connectivity index (χ3v) is 4.43. The van der Waals surface area contributed by atoms with Gasteiger partial charge in [0.1, 0.15) is 0 Å². The largest absolute Gasteiger partial charge is 0.438 e. The summed E-state index contributed by atoms with van der Waals surface area (Å²) in [6.45, 7) is 0. The lowest BCUT2D eigenvalue weighted by Crippen LogP contribution is -2.57. The normalized spacial score (nSPS) is 21.1. The molecular weight excluding hydrogens is 385 g/mol. The van der Waals surface area contributed by atoms with Gasteiger partial charge in [0, 0.05) is 5.02 Å². The molecule has 1 aliphatic heterocycles. The van der Waals surface area contributed by atoms with Gasteiger partial charge in [-0.1, -0.05) is 54.1 Å². The zero-order chi connectivity index (χ0) is 19.8. The van der Waals surface area contributed by atoms with Gasteiger partial charge in [-0.3, -0.25) is 4.79 Å². The summed E-state index contributed by atoms with van der Waals surface area (Å²) in [7, 11) is 0. The molecule has 1 heterocycles. The fourth-order valence-electron chi connectivity index (χ4n) is 2.69. The highest BCUT2D eigenvalue weighted by Crippen LogP contribution is 2.42. The van der Waals surface area contributed by atoms with Gasteiger partial charge >= 0.3 is 6.18 Å². The molecule has 0 bridgehead atoms. The maximum atomic E-state index is 13.6. The number of benzene rings is 2. The standard InChI is InChI=1S/C18H14ClF3N2O3/c19-13-8-6-11(7-9-13)14-10-17(27,18(20,21)22)24(23-14)16(26)15(25)12-4-2-1-3-5-12/h1-9,15,25,27H,10H2/t15-,17-/m0/s1. The summed E-state index contributed by atoms with van der Waals surface area (Å²) in [5.41, 5.74) is -3.36. The number of aliphatic hydroxyl groups is 2. The molecule has 0 unspecified atom stereocenters. The SMILES string of the molecule is O=C([C@@H](O)c1ccccc1)N1N=C(c2ccc(Cl)cc2)C[C@]1(O)C(F)(F)F. The van der Waals surface area contributed by atoms with E-state index in [-0.39, 0.29) is 21.8 Å². The minimum atomic E-state index is -5.18. The van der Waals surface area contributed by atoms with Gasteiger partial charge in [-0.15, -0.1) is 0 Å². The van der Waals surface area contributed by atoms with Gasteiger partial charge in [-0.05, 0) is 23.3 Å². The Morgan fingerprint density at radius 3 is 2.30 bits per heavy atom. The molecule has 2 N–H and O–H groups in total. The number of alkyl halides is 3. The van der Waals surface area contributed by atoms with Crippen LogP contribution in [-0.2, 0) is 4.79 Å². The third kappa shape index (κ3) is 3.55. The van der Waals surface area contributed by atoms with Crippen molar-refractivity contribution in [2.75, 3.05) is 0 Å². The van der Waals surface area contributed by atoms with Crippen LogP contribution in [0, 0.1) is 0 Å². The van der Waals surface area contributed by atoms with E-state index in [1.54, 1.807) is 6.07 Å². The number of carbonyl (C=O) groups is 1. The van der Waals surface area contributed by atoms with Crippen LogP contribution in [0.3, 0.4) is 0 Å². The lowest BCUT2D eigenvalue weighted by Gasteiger charge is -2.33. The number of nitrogens with zero attached hydrogens (tertiary/aromatic N) is 2. The van der Waals surface area contributed by atoms with E-state index in [1.165, 1.54) is 48.5 Å². The zero-order valence-corrected chi connectivity index (χ0v) is 14.4. The number of aliphatic hydroxyl groups excluding tert-OH is 1. The maximum absolute atomic E-state index is 13.6. The number of rotatable bonds is 3. The molecule has 0 fully saturated rings. The average Bonchev–Trinajstić information content (AvgIpc) is 3.00. The number of amides is 1. The molecule has 9 heteroatoms. The first-order valence-electron chi connectivity index (χ1n) is 7.83. The third-order valence-electron chi connectivity index (χ3n) is 4.17. The molecule has 2 aromatic carbocycles. The molecule has 1 aliphatic rings. The number of hydrogen-bond donors (Lipinski definition) is 2. The van der Waals surface area contributed by atoms with Crippen molar-refractivity contribution in [1.29, 1.82) is 0 Å². The molecule has 2 atom stereocenters. The van der Waals surface area contributed by atoms with Crippen molar-refractivity contribution in [3.8, 4) is 0 Å². The van der Waals surface area contributed by atoms with Gasteiger partial charge in [0.15, 0.2) is 6.10 Å². The molecule has 0 aliphatic carbocycles. The van der Waals surface area contributed by atoms with Crippen LogP contribution in [0.2, 0.25) is 5.02 Å². The molecule has 0 spiro atoms. The smallest absolute Gasteiger partial charge is 0.378 e. The highest BCUT2D eigenvalue weighted by molar-refractivity contribution is 6.30. The van der Waals surface area contributed by atoms with Crippen LogP contribution >= 0.6 is 11.6 Å². The molecular formula is C18H14ClF3N2O3. The first kappa shape index (κ1) is 19.3. The lowest BCUT2D eigenvalue weighted by atomic mass is 10.00. The second kappa shape index (κ2) is 6.95. The molecule has 0 radical (unpaired) electrons. The maximum Gasteiger partial charge on any atom is 0.438 e. The highest BCUT2D eigenvalue weighted by atomic mass is 35.5. The Morgan fingerprint density at radius 2 is 1.74 bits per heavy atom. The van der Waals surface area contributed by atoms with Crippen molar-refractivity contribution in [3.05, 3.63) is 70.7 Å². The molecule has 0 aromatic heterocycles. The van der Waals surface area contributed by atoms with Crippen molar-refractivity contribution in [2.45, 2.75) is 24.4 Å². The highest BCUT2D eigenvalue weighted by Gasteiger charge is 2.63. The summed E-state index contributed by atoms with van der Waals surface area (Å²) in [6, 6.07) is 13.2. The molecule has 1 amide bonds. The first-order chi connectivity index (χ1) is 12.6. The Kier molecular flexibility index (Phi) is 4.98. The topological polar surface area (TPSA) is 73.1 Å². The predicted molar refractivity (Wildman–Crippen MR) is 91.9 cm³/mol. The molecule has 0 saturated heterocycles. The summed E-state index contributed by atoms with van der Waals surface area (Å²) >= 11 is 5.77. The van der Waals surface area contributed by atoms with E-state index < -0.39 is 30.3 Å². The van der Waals surface area contributed by atoms with E-state index in [1.807, 2.05) is 0 Å². The summed E-state index contributed by atoms with van der Waals surface area (Å²) in [4.78, 5) is 12.5. The fraction of sp³-hybridized carbons (Fsp3) is 0.222. The minimum Gasteiger partial charge on any atom is -0.378 e. The Bertz CT molecular complexity index is 872. The van der Waals surface area contributed by atoms with Gasteiger partial charge in [0.2, 0.25) is 0 Å². The van der Waals surface area contributed by atoms with Crippen molar-refractivity contribution < 1.29 is 28.2 Å². The molecule has 5 nitrogen and oxygen atoms in total. The van der Waals surface area contributed by atoms with Crippen LogP contribution in [0.15, 0.2) is 59.7 Å². The Balaban J connectivity index is 2.00. The van der Waals surface area contributed by atoms with Crippen LogP contribution in [-0.4, -0.2) is 38.7 Å². The molecule has 27 heavy (non-hydrogen) atoms. The molecule has 3 rings (SSSR count). The summed E-state index contributed by atoms with van der Waals surface area (Å²) in [6.07, 6.45) is -8.06. The van der Waals surface area contributed by atoms with Crippen LogP contribution in [0.4, 0.5) is 13.2 Å². The Morgan fingerprint density at radius 1 is 1.15 bits per heavy atom. The Hall–Kier alpha value is -2.42. The van der Waals surface area contributed by atoms with Crippen LogP contribution in [0.5, 0.6) is 0 Å². The van der Waals surface area contributed by atoms with E-state index in [4.69, 9.17) is 11.6 Å². The van der Waals surface area contributed by atoms with Crippen LogP contribution in [0.1, 0.15) is 23.7 Å².